The first kappa shape index (κ1) is 9.72. The minimum Gasteiger partial charge on any atom is -0.259 e. The fourth-order valence-corrected chi connectivity index (χ4v) is 2.41. The average molecular weight is 219 g/mol. The molecule has 12 heavy (non-hydrogen) atoms. The van der Waals surface area contributed by atoms with Crippen LogP contribution in [0.5, 0.6) is 0 Å². The Labute approximate surface area is 71.3 Å². The van der Waals surface area contributed by atoms with E-state index in [0.29, 0.717) is 0 Å². The molecule has 0 radical (unpaired) electrons. The van der Waals surface area contributed by atoms with Gasteiger partial charge in [0.1, 0.15) is 0 Å². The first-order chi connectivity index (χ1) is 5.36. The maximum Gasteiger partial charge on any atom is 0.516 e. The quantitative estimate of drug-likeness (QED) is 0.667. The molecular weight excluding hydrogens is 215 g/mol. The zero-order valence-corrected chi connectivity index (χ0v) is 7.21. The molecule has 0 bridgehead atoms. The summed E-state index contributed by atoms with van der Waals surface area (Å²) in [5.74, 6) is -0.207. The van der Waals surface area contributed by atoms with Gasteiger partial charge in [0.25, 0.3) is 0 Å². The first-order valence-corrected chi connectivity index (χ1v) is 5.21. The molecule has 0 saturated carbocycles. The van der Waals surface area contributed by atoms with E-state index in [4.69, 9.17) is 0 Å². The molecule has 0 aromatic heterocycles. The standard InChI is InChI=1S/C4H4F3NO2S2/c5-4(6,7)12(9,10)8-1-2-11-3-8/h1-2H,3H2. The number of halogens is 3. The fraction of sp³-hybridized carbons (Fsp3) is 0.500. The molecule has 8 heteroatoms. The molecule has 70 valence electrons. The van der Waals surface area contributed by atoms with Crippen molar-refractivity contribution in [1.29, 1.82) is 0 Å². The van der Waals surface area contributed by atoms with Gasteiger partial charge in [0.2, 0.25) is 0 Å². The van der Waals surface area contributed by atoms with Gasteiger partial charge in [-0.3, -0.25) is 4.31 Å². The molecule has 1 rings (SSSR count). The molecule has 0 spiro atoms. The molecule has 3 nitrogen and oxygen atoms in total. The molecule has 0 aromatic carbocycles. The normalized spacial score (nSPS) is 18.8. The van der Waals surface area contributed by atoms with E-state index >= 15 is 0 Å². The minimum absolute atomic E-state index is 0.207. The van der Waals surface area contributed by atoms with Crippen molar-refractivity contribution in [2.75, 3.05) is 5.88 Å². The monoisotopic (exact) mass is 219 g/mol. The second kappa shape index (κ2) is 2.84. The van der Waals surface area contributed by atoms with Crippen LogP contribution in [0.1, 0.15) is 0 Å². The third-order valence-electron chi connectivity index (χ3n) is 1.13. The van der Waals surface area contributed by atoms with Crippen molar-refractivity contribution in [2.24, 2.45) is 0 Å². The lowest BCUT2D eigenvalue weighted by molar-refractivity contribution is -0.0473. The Balaban J connectivity index is 2.94. The topological polar surface area (TPSA) is 37.4 Å². The predicted octanol–water partition coefficient (Wildman–Crippen LogP) is 1.31. The van der Waals surface area contributed by atoms with E-state index in [1.165, 1.54) is 5.41 Å². The lowest BCUT2D eigenvalue weighted by atomic mass is 11.0. The lowest BCUT2D eigenvalue weighted by Crippen LogP contribution is -2.35. The Morgan fingerprint density at radius 1 is 1.42 bits per heavy atom. The second-order valence-electron chi connectivity index (χ2n) is 1.92. The van der Waals surface area contributed by atoms with Crippen molar-refractivity contribution in [2.45, 2.75) is 5.51 Å². The first-order valence-electron chi connectivity index (χ1n) is 2.72. The van der Waals surface area contributed by atoms with Gasteiger partial charge >= 0.3 is 15.5 Å². The summed E-state index contributed by atoms with van der Waals surface area (Å²) < 4.78 is 56.9. The van der Waals surface area contributed by atoms with Crippen LogP contribution in [0, 0.1) is 0 Å². The Kier molecular flexibility index (Phi) is 2.30. The van der Waals surface area contributed by atoms with E-state index in [1.807, 2.05) is 0 Å². The summed E-state index contributed by atoms with van der Waals surface area (Å²) in [4.78, 5) is 0. The zero-order chi connectivity index (χ0) is 9.41. The molecule has 1 heterocycles. The van der Waals surface area contributed by atoms with Crippen LogP contribution in [0.25, 0.3) is 0 Å². The number of alkyl halides is 3. The number of nitrogens with zero attached hydrogens (tertiary/aromatic N) is 1. The smallest absolute Gasteiger partial charge is 0.259 e. The van der Waals surface area contributed by atoms with Crippen molar-refractivity contribution in [3.05, 3.63) is 11.6 Å². The van der Waals surface area contributed by atoms with E-state index < -0.39 is 15.5 Å². The molecule has 0 unspecified atom stereocenters. The van der Waals surface area contributed by atoms with E-state index in [-0.39, 0.29) is 10.2 Å². The number of hydrogen-bond acceptors (Lipinski definition) is 3. The summed E-state index contributed by atoms with van der Waals surface area (Å²) in [7, 11) is -5.15. The molecule has 0 atom stereocenters. The van der Waals surface area contributed by atoms with E-state index in [1.54, 1.807) is 0 Å². The number of rotatable bonds is 1. The van der Waals surface area contributed by atoms with Gasteiger partial charge in [-0.15, -0.1) is 11.8 Å². The maximum absolute atomic E-state index is 11.8. The molecule has 0 fully saturated rings. The molecule has 0 N–H and O–H groups in total. The highest BCUT2D eigenvalue weighted by atomic mass is 32.2. The second-order valence-corrected chi connectivity index (χ2v) is 4.66. The van der Waals surface area contributed by atoms with E-state index in [2.05, 4.69) is 0 Å². The van der Waals surface area contributed by atoms with Crippen molar-refractivity contribution in [3.63, 3.8) is 0 Å². The van der Waals surface area contributed by atoms with Gasteiger partial charge in [0.05, 0.1) is 5.88 Å². The van der Waals surface area contributed by atoms with Crippen LogP contribution in [-0.2, 0) is 10.0 Å². The van der Waals surface area contributed by atoms with E-state index in [0.717, 1.165) is 18.0 Å². The van der Waals surface area contributed by atoms with Crippen LogP contribution >= 0.6 is 11.8 Å². The average Bonchev–Trinajstić information content (AvgIpc) is 2.34. The third kappa shape index (κ3) is 1.53. The Hall–Kier alpha value is -0.370. The van der Waals surface area contributed by atoms with Gasteiger partial charge < -0.3 is 0 Å². The van der Waals surface area contributed by atoms with Crippen molar-refractivity contribution in [3.8, 4) is 0 Å². The molecule has 0 aromatic rings. The van der Waals surface area contributed by atoms with Crippen LogP contribution in [0.4, 0.5) is 13.2 Å². The Bertz CT molecular complexity index is 294. The maximum atomic E-state index is 11.8. The zero-order valence-electron chi connectivity index (χ0n) is 5.58. The molecule has 1 aliphatic heterocycles. The van der Waals surface area contributed by atoms with Gasteiger partial charge in [0, 0.05) is 6.20 Å². The number of sulfonamides is 1. The van der Waals surface area contributed by atoms with Crippen LogP contribution in [0.15, 0.2) is 11.6 Å². The Morgan fingerprint density at radius 3 is 2.33 bits per heavy atom. The lowest BCUT2D eigenvalue weighted by Gasteiger charge is -2.16. The fourth-order valence-electron chi connectivity index (χ4n) is 0.553. The summed E-state index contributed by atoms with van der Waals surface area (Å²) in [6, 6.07) is 0. The highest BCUT2D eigenvalue weighted by Gasteiger charge is 2.49. The van der Waals surface area contributed by atoms with Crippen LogP contribution in [0.2, 0.25) is 0 Å². The van der Waals surface area contributed by atoms with Crippen LogP contribution in [-0.4, -0.2) is 24.1 Å². The Morgan fingerprint density at radius 2 is 2.00 bits per heavy atom. The summed E-state index contributed by atoms with van der Waals surface area (Å²) in [5, 5.41) is 1.29. The van der Waals surface area contributed by atoms with Crippen molar-refractivity contribution < 1.29 is 21.6 Å². The van der Waals surface area contributed by atoms with Gasteiger partial charge in [0.15, 0.2) is 0 Å². The highest BCUT2D eigenvalue weighted by Crippen LogP contribution is 2.30. The molecule has 1 aliphatic rings. The summed E-state index contributed by atoms with van der Waals surface area (Å²) in [5.41, 5.74) is -5.21. The number of thioether (sulfide) groups is 1. The highest BCUT2D eigenvalue weighted by molar-refractivity contribution is 8.03. The molecular formula is C4H4F3NO2S2. The predicted molar refractivity (Wildman–Crippen MR) is 38.4 cm³/mol. The van der Waals surface area contributed by atoms with Crippen LogP contribution < -0.4 is 0 Å². The summed E-state index contributed by atoms with van der Waals surface area (Å²) in [6.45, 7) is 0. The van der Waals surface area contributed by atoms with Crippen LogP contribution in [0.3, 0.4) is 0 Å². The van der Waals surface area contributed by atoms with Gasteiger partial charge in [-0.1, -0.05) is 0 Å². The van der Waals surface area contributed by atoms with Gasteiger partial charge in [-0.2, -0.15) is 21.6 Å². The summed E-state index contributed by atoms with van der Waals surface area (Å²) >= 11 is 0.991. The van der Waals surface area contributed by atoms with Crippen molar-refractivity contribution >= 4 is 21.8 Å². The van der Waals surface area contributed by atoms with Crippen molar-refractivity contribution in [1.82, 2.24) is 4.31 Å². The summed E-state index contributed by atoms with van der Waals surface area (Å²) in [6.07, 6.45) is 0.896. The van der Waals surface area contributed by atoms with Gasteiger partial charge in [-0.25, -0.2) is 0 Å². The SMILES string of the molecule is O=S(=O)(N1C=CSC1)C(F)(F)F. The minimum atomic E-state index is -5.21. The number of hydrogen-bond donors (Lipinski definition) is 0. The molecule has 0 saturated heterocycles. The third-order valence-corrected chi connectivity index (χ3v) is 3.48. The molecule has 0 aliphatic carbocycles. The van der Waals surface area contributed by atoms with Gasteiger partial charge in [-0.05, 0) is 5.41 Å². The largest absolute Gasteiger partial charge is 0.516 e. The molecule has 0 amide bonds. The van der Waals surface area contributed by atoms with E-state index in [9.17, 15) is 21.6 Å².